The molecule has 0 aliphatic rings. The minimum absolute atomic E-state index is 0.0722. The normalized spacial score (nSPS) is 10.5. The van der Waals surface area contributed by atoms with Crippen molar-refractivity contribution >= 4 is 40.9 Å². The molecule has 0 saturated heterocycles. The fourth-order valence-electron chi connectivity index (χ4n) is 3.13. The van der Waals surface area contributed by atoms with E-state index in [4.69, 9.17) is 9.47 Å². The number of ether oxygens (including phenoxy) is 2. The smallest absolute Gasteiger partial charge is 0.340 e. The number of amides is 2. The monoisotopic (exact) mass is 489 g/mol. The van der Waals surface area contributed by atoms with E-state index in [9.17, 15) is 24.5 Å². The van der Waals surface area contributed by atoms with Gasteiger partial charge in [-0.2, -0.15) is 0 Å². The van der Waals surface area contributed by atoms with Crippen LogP contribution in [-0.4, -0.2) is 36.4 Å². The number of anilines is 2. The molecule has 0 unspecified atom stereocenters. The molecule has 0 aliphatic carbocycles. The largest absolute Gasteiger partial charge is 0.497 e. The molecule has 10 heteroatoms. The van der Waals surface area contributed by atoms with E-state index >= 15 is 0 Å². The maximum atomic E-state index is 12.6. The standard InChI is InChI=1S/C26H23N3O7/c1-17-15-19(29(33)34)10-13-22(17)27-25(31)16-36-26(32)21-5-3-4-6-23(21)28-24(30)14-9-18-7-11-20(35-2)12-8-18/h3-15H,16H2,1-2H3,(H,27,31)(H,28,30)/b14-9+. The summed E-state index contributed by atoms with van der Waals surface area (Å²) in [6.45, 7) is 1.02. The summed E-state index contributed by atoms with van der Waals surface area (Å²) >= 11 is 0. The van der Waals surface area contributed by atoms with Gasteiger partial charge >= 0.3 is 5.97 Å². The van der Waals surface area contributed by atoms with Crippen LogP contribution in [-0.2, 0) is 14.3 Å². The average Bonchev–Trinajstić information content (AvgIpc) is 2.87. The Labute approximate surface area is 206 Å². The fraction of sp³-hybridized carbons (Fsp3) is 0.115. The Kier molecular flexibility index (Phi) is 8.49. The first kappa shape index (κ1) is 25.6. The number of para-hydroxylation sites is 1. The minimum atomic E-state index is -0.805. The number of methoxy groups -OCH3 is 1. The molecule has 0 bridgehead atoms. The van der Waals surface area contributed by atoms with E-state index in [1.165, 1.54) is 36.4 Å². The van der Waals surface area contributed by atoms with Crippen molar-refractivity contribution in [3.63, 3.8) is 0 Å². The summed E-state index contributed by atoms with van der Waals surface area (Å²) in [7, 11) is 1.56. The fourth-order valence-corrected chi connectivity index (χ4v) is 3.13. The third-order valence-electron chi connectivity index (χ3n) is 4.98. The molecule has 0 aliphatic heterocycles. The number of nitrogens with one attached hydrogen (secondary N) is 2. The maximum absolute atomic E-state index is 12.6. The quantitative estimate of drug-likeness (QED) is 0.197. The van der Waals surface area contributed by atoms with E-state index in [-0.39, 0.29) is 16.9 Å². The summed E-state index contributed by atoms with van der Waals surface area (Å²) in [6.07, 6.45) is 2.93. The predicted molar refractivity (Wildman–Crippen MR) is 134 cm³/mol. The second-order valence-electron chi connectivity index (χ2n) is 7.52. The van der Waals surface area contributed by atoms with Crippen molar-refractivity contribution < 1.29 is 28.8 Å². The van der Waals surface area contributed by atoms with Crippen LogP contribution in [0, 0.1) is 17.0 Å². The van der Waals surface area contributed by atoms with Crippen molar-refractivity contribution in [2.45, 2.75) is 6.92 Å². The Hall–Kier alpha value is -4.99. The van der Waals surface area contributed by atoms with E-state index in [1.54, 1.807) is 56.5 Å². The van der Waals surface area contributed by atoms with Gasteiger partial charge in [-0.05, 0) is 54.5 Å². The number of hydrogen-bond donors (Lipinski definition) is 2. The van der Waals surface area contributed by atoms with Gasteiger partial charge in [-0.1, -0.05) is 24.3 Å². The second-order valence-corrected chi connectivity index (χ2v) is 7.52. The number of nitro benzene ring substituents is 1. The molecule has 3 aromatic carbocycles. The predicted octanol–water partition coefficient (Wildman–Crippen LogP) is 4.36. The van der Waals surface area contributed by atoms with Crippen molar-refractivity contribution in [2.75, 3.05) is 24.4 Å². The molecule has 2 N–H and O–H groups in total. The first-order valence-electron chi connectivity index (χ1n) is 10.7. The molecule has 3 rings (SSSR count). The first-order chi connectivity index (χ1) is 17.3. The summed E-state index contributed by atoms with van der Waals surface area (Å²) in [5.74, 6) is -1.19. The van der Waals surface area contributed by atoms with Crippen LogP contribution in [0.25, 0.3) is 6.08 Å². The van der Waals surface area contributed by atoms with Crippen LogP contribution in [0.2, 0.25) is 0 Å². The summed E-state index contributed by atoms with van der Waals surface area (Å²) in [5, 5.41) is 16.0. The molecule has 0 atom stereocenters. The molecular formula is C26H23N3O7. The van der Waals surface area contributed by atoms with Crippen LogP contribution in [0.5, 0.6) is 5.75 Å². The number of esters is 1. The van der Waals surface area contributed by atoms with Gasteiger partial charge in [0.25, 0.3) is 11.6 Å². The SMILES string of the molecule is COc1ccc(/C=C/C(=O)Nc2ccccc2C(=O)OCC(=O)Nc2ccc([N+](=O)[O-])cc2C)cc1. The van der Waals surface area contributed by atoms with Crippen LogP contribution >= 0.6 is 0 Å². The van der Waals surface area contributed by atoms with Crippen molar-refractivity contribution in [1.29, 1.82) is 0 Å². The van der Waals surface area contributed by atoms with E-state index in [0.717, 1.165) is 5.56 Å². The topological polar surface area (TPSA) is 137 Å². The Morgan fingerprint density at radius 3 is 2.36 bits per heavy atom. The van der Waals surface area contributed by atoms with Gasteiger partial charge in [-0.3, -0.25) is 19.7 Å². The van der Waals surface area contributed by atoms with E-state index in [1.807, 2.05) is 0 Å². The van der Waals surface area contributed by atoms with E-state index in [2.05, 4.69) is 10.6 Å². The lowest BCUT2D eigenvalue weighted by molar-refractivity contribution is -0.384. The van der Waals surface area contributed by atoms with Crippen molar-refractivity contribution in [1.82, 2.24) is 0 Å². The number of aryl methyl sites for hydroxylation is 1. The Morgan fingerprint density at radius 1 is 0.972 bits per heavy atom. The number of carbonyl (C=O) groups excluding carboxylic acids is 3. The van der Waals surface area contributed by atoms with Gasteiger partial charge in [0.15, 0.2) is 6.61 Å². The Bertz CT molecular complexity index is 1320. The lowest BCUT2D eigenvalue weighted by atomic mass is 10.1. The van der Waals surface area contributed by atoms with Crippen LogP contribution in [0.3, 0.4) is 0 Å². The lowest BCUT2D eigenvalue weighted by Crippen LogP contribution is -2.22. The molecule has 10 nitrogen and oxygen atoms in total. The zero-order valence-corrected chi connectivity index (χ0v) is 19.5. The average molecular weight is 489 g/mol. The Balaban J connectivity index is 1.58. The maximum Gasteiger partial charge on any atom is 0.340 e. The molecule has 0 aromatic heterocycles. The number of nitro groups is 1. The van der Waals surface area contributed by atoms with E-state index in [0.29, 0.717) is 17.0 Å². The summed E-state index contributed by atoms with van der Waals surface area (Å²) in [5.41, 5.74) is 1.82. The molecule has 0 fully saturated rings. The van der Waals surface area contributed by atoms with Gasteiger partial charge in [-0.25, -0.2) is 4.79 Å². The molecular weight excluding hydrogens is 466 g/mol. The zero-order chi connectivity index (χ0) is 26.1. The van der Waals surface area contributed by atoms with Gasteiger partial charge in [0, 0.05) is 23.9 Å². The molecule has 0 radical (unpaired) electrons. The van der Waals surface area contributed by atoms with Crippen LogP contribution in [0.1, 0.15) is 21.5 Å². The minimum Gasteiger partial charge on any atom is -0.497 e. The molecule has 0 heterocycles. The van der Waals surface area contributed by atoms with Crippen LogP contribution in [0.4, 0.5) is 17.1 Å². The highest BCUT2D eigenvalue weighted by molar-refractivity contribution is 6.06. The summed E-state index contributed by atoms with van der Waals surface area (Å²) in [4.78, 5) is 47.5. The third kappa shape index (κ3) is 7.00. The first-order valence-corrected chi connectivity index (χ1v) is 10.7. The van der Waals surface area contributed by atoms with Gasteiger partial charge in [0.2, 0.25) is 5.91 Å². The second kappa shape index (κ2) is 11.9. The molecule has 0 spiro atoms. The van der Waals surface area contributed by atoms with Crippen molar-refractivity contribution in [3.05, 3.63) is 99.6 Å². The molecule has 3 aromatic rings. The summed E-state index contributed by atoms with van der Waals surface area (Å²) < 4.78 is 10.2. The zero-order valence-electron chi connectivity index (χ0n) is 19.5. The van der Waals surface area contributed by atoms with E-state index < -0.39 is 29.3 Å². The highest BCUT2D eigenvalue weighted by Crippen LogP contribution is 2.21. The number of non-ortho nitro benzene ring substituents is 1. The summed E-state index contributed by atoms with van der Waals surface area (Å²) in [6, 6.07) is 17.3. The van der Waals surface area contributed by atoms with Crippen molar-refractivity contribution in [2.24, 2.45) is 0 Å². The molecule has 0 saturated carbocycles. The Morgan fingerprint density at radius 2 is 1.69 bits per heavy atom. The molecule has 36 heavy (non-hydrogen) atoms. The highest BCUT2D eigenvalue weighted by Gasteiger charge is 2.16. The number of hydrogen-bond acceptors (Lipinski definition) is 7. The number of benzene rings is 3. The molecule has 2 amide bonds. The van der Waals surface area contributed by atoms with Crippen LogP contribution in [0.15, 0.2) is 72.8 Å². The molecule has 184 valence electrons. The van der Waals surface area contributed by atoms with Gasteiger partial charge < -0.3 is 20.1 Å². The van der Waals surface area contributed by atoms with Gasteiger partial charge in [0.05, 0.1) is 23.3 Å². The van der Waals surface area contributed by atoms with Crippen molar-refractivity contribution in [3.8, 4) is 5.75 Å². The highest BCUT2D eigenvalue weighted by atomic mass is 16.6. The lowest BCUT2D eigenvalue weighted by Gasteiger charge is -2.11. The van der Waals surface area contributed by atoms with Gasteiger partial charge in [0.1, 0.15) is 5.75 Å². The third-order valence-corrected chi connectivity index (χ3v) is 4.98. The number of nitrogens with zero attached hydrogens (tertiary/aromatic N) is 1. The number of carbonyl (C=O) groups is 3. The number of rotatable bonds is 9. The van der Waals surface area contributed by atoms with Gasteiger partial charge in [-0.15, -0.1) is 0 Å². The van der Waals surface area contributed by atoms with Crippen LogP contribution < -0.4 is 15.4 Å².